The molecule has 0 aromatic heterocycles. The van der Waals surface area contributed by atoms with Crippen molar-refractivity contribution >= 4 is 41.5 Å². The fourth-order valence-corrected chi connectivity index (χ4v) is 6.39. The molecule has 18 heteroatoms. The van der Waals surface area contributed by atoms with Crippen LogP contribution in [0.1, 0.15) is 91.5 Å². The second kappa shape index (κ2) is 22.6. The average molecular weight is 789 g/mol. The summed E-state index contributed by atoms with van der Waals surface area (Å²) in [6.07, 6.45) is 3.05. The van der Waals surface area contributed by atoms with Crippen LogP contribution in [0.5, 0.6) is 5.75 Å². The van der Waals surface area contributed by atoms with Crippen LogP contribution < -0.4 is 44.2 Å². The van der Waals surface area contributed by atoms with Crippen molar-refractivity contribution in [1.82, 2.24) is 26.2 Å². The van der Waals surface area contributed by atoms with Gasteiger partial charge in [0, 0.05) is 19.5 Å². The van der Waals surface area contributed by atoms with Gasteiger partial charge in [-0.05, 0) is 80.5 Å². The van der Waals surface area contributed by atoms with Crippen molar-refractivity contribution in [2.24, 2.45) is 39.3 Å². The number of carboxylic acids is 1. The van der Waals surface area contributed by atoms with Crippen molar-refractivity contribution in [2.75, 3.05) is 19.6 Å². The van der Waals surface area contributed by atoms with Crippen LogP contribution in [0.3, 0.4) is 0 Å². The summed E-state index contributed by atoms with van der Waals surface area (Å²) in [5.41, 5.74) is 22.3. The quantitative estimate of drug-likeness (QED) is 0.0406. The van der Waals surface area contributed by atoms with E-state index in [1.165, 1.54) is 17.0 Å². The molecule has 5 amide bonds. The Morgan fingerprint density at radius 3 is 2.09 bits per heavy atom. The van der Waals surface area contributed by atoms with Gasteiger partial charge in [0.15, 0.2) is 5.96 Å². The van der Waals surface area contributed by atoms with E-state index < -0.39 is 77.2 Å². The maximum absolute atomic E-state index is 14.1. The van der Waals surface area contributed by atoms with E-state index in [1.54, 1.807) is 32.9 Å². The lowest BCUT2D eigenvalue weighted by Gasteiger charge is -2.33. The van der Waals surface area contributed by atoms with Crippen molar-refractivity contribution in [1.29, 1.82) is 0 Å². The van der Waals surface area contributed by atoms with Crippen LogP contribution in [0.25, 0.3) is 0 Å². The first-order valence-corrected chi connectivity index (χ1v) is 19.3. The number of benzene rings is 1. The molecule has 56 heavy (non-hydrogen) atoms. The Labute approximate surface area is 329 Å². The average Bonchev–Trinajstić information content (AvgIpc) is 3.61. The van der Waals surface area contributed by atoms with Gasteiger partial charge in [0.25, 0.3) is 0 Å². The van der Waals surface area contributed by atoms with Crippen molar-refractivity contribution in [2.45, 2.75) is 129 Å². The van der Waals surface area contributed by atoms with Crippen LogP contribution >= 0.6 is 0 Å². The normalized spacial score (nSPS) is 16.9. The molecule has 6 atom stereocenters. The molecule has 0 bridgehead atoms. The molecule has 0 radical (unpaired) electrons. The number of phenolic OH excluding ortho intramolecular Hbond substituents is 1. The molecule has 1 saturated heterocycles. The number of nitrogens with one attached hydrogen (secondary N) is 4. The van der Waals surface area contributed by atoms with Gasteiger partial charge in [-0.3, -0.25) is 29.0 Å². The van der Waals surface area contributed by atoms with Crippen LogP contribution in [-0.2, 0) is 35.2 Å². The second-order valence-electron chi connectivity index (χ2n) is 15.9. The Bertz CT molecular complexity index is 1510. The Hall–Kier alpha value is -4.97. The highest BCUT2D eigenvalue weighted by Gasteiger charge is 2.41. The van der Waals surface area contributed by atoms with Crippen LogP contribution in [0.2, 0.25) is 0 Å². The summed E-state index contributed by atoms with van der Waals surface area (Å²) in [4.78, 5) is 86.1. The lowest BCUT2D eigenvalue weighted by atomic mass is 9.85. The van der Waals surface area contributed by atoms with Crippen molar-refractivity contribution in [3.63, 3.8) is 0 Å². The summed E-state index contributed by atoms with van der Waals surface area (Å²) in [5, 5.41) is 30.4. The number of likely N-dealkylation sites (tertiary alicyclic amines) is 1. The summed E-state index contributed by atoms with van der Waals surface area (Å²) in [7, 11) is 0. The van der Waals surface area contributed by atoms with Crippen molar-refractivity contribution in [3.8, 4) is 5.75 Å². The van der Waals surface area contributed by atoms with E-state index >= 15 is 0 Å². The number of rotatable bonds is 22. The topological polar surface area (TPSA) is 311 Å². The largest absolute Gasteiger partial charge is 0.508 e. The van der Waals surface area contributed by atoms with E-state index in [1.807, 2.05) is 13.8 Å². The SMILES string of the molecule is CC(C)C[C@H](NC(=O)[C@@H](NC(=O)[C@H](Cc1ccc(O)cc1)NC(=O)[C@@H]1CCCN1C(=O)[C@H](CCCN=C(N)N)NC(=O)[C@@H](N)CCCCN)C(C)(C)C)C(=O)O. The fourth-order valence-electron chi connectivity index (χ4n) is 6.39. The Kier molecular flexibility index (Phi) is 19.0. The number of aromatic hydroxyl groups is 1. The highest BCUT2D eigenvalue weighted by atomic mass is 16.4. The third-order valence-corrected chi connectivity index (χ3v) is 9.45. The van der Waals surface area contributed by atoms with Crippen LogP contribution in [0.15, 0.2) is 29.3 Å². The predicted molar refractivity (Wildman–Crippen MR) is 212 cm³/mol. The first-order chi connectivity index (χ1) is 26.2. The number of phenols is 1. The molecule has 1 aromatic rings. The van der Waals surface area contributed by atoms with Gasteiger partial charge in [-0.2, -0.15) is 0 Å². The third kappa shape index (κ3) is 15.6. The number of nitrogens with two attached hydrogens (primary N) is 4. The minimum atomic E-state index is -1.25. The number of carbonyl (C=O) groups is 6. The molecule has 0 aliphatic carbocycles. The number of carbonyl (C=O) groups excluding carboxylic acids is 5. The van der Waals surface area contributed by atoms with E-state index in [0.717, 1.165) is 0 Å². The van der Waals surface area contributed by atoms with E-state index in [4.69, 9.17) is 22.9 Å². The number of amides is 5. The Morgan fingerprint density at radius 2 is 1.52 bits per heavy atom. The zero-order chi connectivity index (χ0) is 42.2. The highest BCUT2D eigenvalue weighted by molar-refractivity contribution is 5.97. The molecule has 0 saturated carbocycles. The minimum absolute atomic E-state index is 0.00536. The first kappa shape index (κ1) is 47.2. The predicted octanol–water partition coefficient (Wildman–Crippen LogP) is -0.448. The monoisotopic (exact) mass is 788 g/mol. The van der Waals surface area contributed by atoms with E-state index in [-0.39, 0.29) is 56.4 Å². The van der Waals surface area contributed by atoms with Crippen LogP contribution in [0, 0.1) is 11.3 Å². The maximum Gasteiger partial charge on any atom is 0.326 e. The summed E-state index contributed by atoms with van der Waals surface area (Å²) in [5.74, 6) is -4.45. The Morgan fingerprint density at radius 1 is 0.875 bits per heavy atom. The number of guanidine groups is 1. The molecule has 1 aromatic carbocycles. The van der Waals surface area contributed by atoms with Crippen molar-refractivity contribution < 1.29 is 39.0 Å². The van der Waals surface area contributed by atoms with Gasteiger partial charge in [-0.1, -0.05) is 53.2 Å². The number of nitrogens with zero attached hydrogens (tertiary/aromatic N) is 2. The standard InChI is InChI=1S/C38H64N10O8/c1-22(2)20-28(36(55)56)46-34(53)30(38(3,4)5)47-32(51)27(21-23-13-15-24(49)16-14-23)45-33(52)29-12-9-19-48(29)35(54)26(11-8-18-43-37(41)42)44-31(50)25(40)10-6-7-17-39/h13-16,22,25-30,49H,6-12,17-21,39-40H2,1-5H3,(H,44,50)(H,45,52)(H,46,53)(H,47,51)(H,55,56)(H4,41,42,43)/t25-,26-,27-,28-,29-,30+/m0/s1. The molecule has 0 spiro atoms. The Balaban J connectivity index is 2.37. The summed E-state index contributed by atoms with van der Waals surface area (Å²) in [6, 6.07) is -0.525. The van der Waals surface area contributed by atoms with Gasteiger partial charge in [-0.15, -0.1) is 0 Å². The zero-order valence-corrected chi connectivity index (χ0v) is 33.4. The first-order valence-electron chi connectivity index (χ1n) is 19.3. The number of carboxylic acid groups (broad SMARTS) is 1. The smallest absolute Gasteiger partial charge is 0.326 e. The molecule has 1 heterocycles. The number of hydrogen-bond acceptors (Lipinski definition) is 10. The molecule has 0 unspecified atom stereocenters. The lowest BCUT2D eigenvalue weighted by molar-refractivity contribution is -0.143. The third-order valence-electron chi connectivity index (χ3n) is 9.45. The van der Waals surface area contributed by atoms with E-state index in [2.05, 4.69) is 26.3 Å². The van der Waals surface area contributed by atoms with E-state index in [0.29, 0.717) is 44.2 Å². The summed E-state index contributed by atoms with van der Waals surface area (Å²) < 4.78 is 0. The fraction of sp³-hybridized carbons (Fsp3) is 0.658. The van der Waals surface area contributed by atoms with Gasteiger partial charge in [-0.25, -0.2) is 4.79 Å². The number of unbranched alkanes of at least 4 members (excludes halogenated alkanes) is 1. The molecular weight excluding hydrogens is 724 g/mol. The van der Waals surface area contributed by atoms with Crippen molar-refractivity contribution in [3.05, 3.63) is 29.8 Å². The summed E-state index contributed by atoms with van der Waals surface area (Å²) >= 11 is 0. The molecule has 14 N–H and O–H groups in total. The van der Waals surface area contributed by atoms with Gasteiger partial charge in [0.05, 0.1) is 6.04 Å². The molecule has 314 valence electrons. The maximum atomic E-state index is 14.1. The second-order valence-corrected chi connectivity index (χ2v) is 15.9. The van der Waals surface area contributed by atoms with Gasteiger partial charge in [0.2, 0.25) is 29.5 Å². The highest BCUT2D eigenvalue weighted by Crippen LogP contribution is 2.23. The molecule has 1 aliphatic heterocycles. The molecule has 1 fully saturated rings. The molecule has 18 nitrogen and oxygen atoms in total. The van der Waals surface area contributed by atoms with Crippen LogP contribution in [-0.4, -0.2) is 112 Å². The lowest BCUT2D eigenvalue weighted by Crippen LogP contribution is -2.61. The van der Waals surface area contributed by atoms with Crippen LogP contribution in [0.4, 0.5) is 0 Å². The zero-order valence-electron chi connectivity index (χ0n) is 33.4. The number of aliphatic imine (C=N–C) groups is 1. The van der Waals surface area contributed by atoms with E-state index in [9.17, 15) is 39.0 Å². The molecule has 2 rings (SSSR count). The van der Waals surface area contributed by atoms with Gasteiger partial charge < -0.3 is 59.3 Å². The van der Waals surface area contributed by atoms with Gasteiger partial charge >= 0.3 is 5.97 Å². The summed E-state index contributed by atoms with van der Waals surface area (Å²) in [6.45, 7) is 9.66. The number of aliphatic carboxylic acids is 1. The molecular formula is C38H64N10O8. The molecule has 1 aliphatic rings. The minimum Gasteiger partial charge on any atom is -0.508 e. The number of hydrogen-bond donors (Lipinski definition) is 10. The van der Waals surface area contributed by atoms with Gasteiger partial charge in [0.1, 0.15) is 36.0 Å².